The Balaban J connectivity index is 2.15. The van der Waals surface area contributed by atoms with E-state index in [1.807, 2.05) is 54.9 Å². The lowest BCUT2D eigenvalue weighted by atomic mass is 10.0. The molecule has 0 saturated heterocycles. The van der Waals surface area contributed by atoms with Crippen LogP contribution in [-0.2, 0) is 11.3 Å². The Hall–Kier alpha value is -3.21. The van der Waals surface area contributed by atoms with Crippen LogP contribution in [0.5, 0.6) is 0 Å². The Morgan fingerprint density at radius 3 is 2.72 bits per heavy atom. The van der Waals surface area contributed by atoms with Gasteiger partial charge in [0.25, 0.3) is 0 Å². The molecule has 0 aliphatic heterocycles. The van der Waals surface area contributed by atoms with E-state index in [9.17, 15) is 9.90 Å². The van der Waals surface area contributed by atoms with E-state index in [4.69, 9.17) is 5.84 Å². The topological polar surface area (TPSA) is 73.2 Å². The Morgan fingerprint density at radius 2 is 1.96 bits per heavy atom. The number of nitrogen functional groups attached to an aromatic ring is 1. The zero-order valence-corrected chi connectivity index (χ0v) is 14.2. The zero-order chi connectivity index (χ0) is 17.7. The van der Waals surface area contributed by atoms with Crippen molar-refractivity contribution in [2.45, 2.75) is 20.4 Å². The van der Waals surface area contributed by atoms with E-state index in [0.717, 1.165) is 44.2 Å². The summed E-state index contributed by atoms with van der Waals surface area (Å²) in [4.78, 5) is 11.5. The van der Waals surface area contributed by atoms with Crippen molar-refractivity contribution in [3.8, 4) is 11.3 Å². The van der Waals surface area contributed by atoms with Gasteiger partial charge in [0, 0.05) is 28.0 Å². The van der Waals surface area contributed by atoms with Crippen LogP contribution in [0.3, 0.4) is 0 Å². The fourth-order valence-corrected chi connectivity index (χ4v) is 3.69. The van der Waals surface area contributed by atoms with E-state index in [-0.39, 0.29) is 6.54 Å². The Labute approximate surface area is 144 Å². The third-order valence-corrected chi connectivity index (χ3v) is 4.76. The van der Waals surface area contributed by atoms with Gasteiger partial charge in [-0.25, -0.2) is 0 Å². The van der Waals surface area contributed by atoms with Crippen molar-refractivity contribution in [1.82, 2.24) is 9.24 Å². The first-order valence-corrected chi connectivity index (χ1v) is 8.14. The third-order valence-electron chi connectivity index (χ3n) is 4.76. The van der Waals surface area contributed by atoms with Crippen LogP contribution >= 0.6 is 0 Å². The lowest BCUT2D eigenvalue weighted by molar-refractivity contribution is -0.137. The highest BCUT2D eigenvalue weighted by Crippen LogP contribution is 2.37. The summed E-state index contributed by atoms with van der Waals surface area (Å²) < 4.78 is 3.47. The minimum atomic E-state index is -0.866. The summed E-state index contributed by atoms with van der Waals surface area (Å²) in [5.74, 6) is 5.26. The summed E-state index contributed by atoms with van der Waals surface area (Å²) in [7, 11) is 0. The molecule has 0 fully saturated rings. The van der Waals surface area contributed by atoms with Gasteiger partial charge in [-0.15, -0.1) is 0 Å². The fourth-order valence-electron chi connectivity index (χ4n) is 3.69. The number of aliphatic carboxylic acids is 1. The van der Waals surface area contributed by atoms with Gasteiger partial charge in [-0.2, -0.15) is 0 Å². The molecule has 4 rings (SSSR count). The number of fused-ring (bicyclic) bond motifs is 2. The Kier molecular flexibility index (Phi) is 3.32. The molecule has 2 aromatic carbocycles. The molecule has 0 radical (unpaired) electrons. The molecular weight excluding hydrogens is 314 g/mol. The predicted octanol–water partition coefficient (Wildman–Crippen LogP) is 3.68. The molecule has 2 aromatic heterocycles. The molecule has 0 aliphatic rings. The standard InChI is InChI=1S/C20H19N3O2/c1-12-6-7-15-13(2)19(22(11-18(24)25)17(15)10-12)16-5-3-4-14-8-9-23(21)20(14)16/h3-10H,11,21H2,1-2H3,(H,24,25). The SMILES string of the molecule is Cc1ccc2c(C)c(-c3cccc4ccn(N)c34)n(CC(=O)O)c2c1. The van der Waals surface area contributed by atoms with Crippen LogP contribution < -0.4 is 5.84 Å². The number of nitrogens with two attached hydrogens (primary N) is 1. The van der Waals surface area contributed by atoms with Gasteiger partial charge in [-0.05, 0) is 37.1 Å². The maximum atomic E-state index is 11.5. The minimum Gasteiger partial charge on any atom is -0.480 e. The quantitative estimate of drug-likeness (QED) is 0.562. The number of aryl methyl sites for hydroxylation is 2. The molecule has 4 aromatic rings. The molecule has 5 heteroatoms. The molecule has 0 spiro atoms. The molecule has 0 bridgehead atoms. The van der Waals surface area contributed by atoms with Crippen molar-refractivity contribution in [1.29, 1.82) is 0 Å². The van der Waals surface area contributed by atoms with E-state index >= 15 is 0 Å². The number of hydrogen-bond acceptors (Lipinski definition) is 2. The molecule has 25 heavy (non-hydrogen) atoms. The average molecular weight is 333 g/mol. The number of carbonyl (C=O) groups is 1. The van der Waals surface area contributed by atoms with Crippen LogP contribution in [0.15, 0.2) is 48.7 Å². The maximum Gasteiger partial charge on any atom is 0.323 e. The molecule has 0 aliphatic carbocycles. The van der Waals surface area contributed by atoms with Crippen LogP contribution in [-0.4, -0.2) is 20.3 Å². The summed E-state index contributed by atoms with van der Waals surface area (Å²) in [6, 6.07) is 14.1. The second-order valence-electron chi connectivity index (χ2n) is 6.44. The van der Waals surface area contributed by atoms with Crippen LogP contribution in [0, 0.1) is 13.8 Å². The lowest BCUT2D eigenvalue weighted by Gasteiger charge is -2.12. The number of para-hydroxylation sites is 1. The molecule has 5 nitrogen and oxygen atoms in total. The first-order valence-electron chi connectivity index (χ1n) is 8.14. The number of nitrogens with zero attached hydrogens (tertiary/aromatic N) is 2. The van der Waals surface area contributed by atoms with Crippen molar-refractivity contribution >= 4 is 27.8 Å². The number of benzene rings is 2. The summed E-state index contributed by atoms with van der Waals surface area (Å²) in [6.45, 7) is 3.96. The summed E-state index contributed by atoms with van der Waals surface area (Å²) in [5.41, 5.74) is 5.84. The number of aromatic nitrogens is 2. The molecule has 0 unspecified atom stereocenters. The smallest absolute Gasteiger partial charge is 0.323 e. The van der Waals surface area contributed by atoms with Gasteiger partial charge in [-0.1, -0.05) is 30.3 Å². The first kappa shape index (κ1) is 15.3. The second kappa shape index (κ2) is 5.41. The van der Waals surface area contributed by atoms with Crippen LogP contribution in [0.2, 0.25) is 0 Å². The zero-order valence-electron chi connectivity index (χ0n) is 14.2. The average Bonchev–Trinajstić information content (AvgIpc) is 3.06. The molecule has 0 saturated carbocycles. The van der Waals surface area contributed by atoms with Gasteiger partial charge in [0.05, 0.1) is 11.2 Å². The molecule has 2 heterocycles. The van der Waals surface area contributed by atoms with E-state index in [0.29, 0.717) is 0 Å². The van der Waals surface area contributed by atoms with E-state index in [2.05, 4.69) is 12.1 Å². The number of carboxylic acid groups (broad SMARTS) is 1. The van der Waals surface area contributed by atoms with Crippen LogP contribution in [0.25, 0.3) is 33.1 Å². The van der Waals surface area contributed by atoms with Gasteiger partial charge in [-0.3, -0.25) is 9.47 Å². The summed E-state index contributed by atoms with van der Waals surface area (Å²) in [6.07, 6.45) is 1.82. The molecule has 0 atom stereocenters. The first-order chi connectivity index (χ1) is 12.0. The highest BCUT2D eigenvalue weighted by Gasteiger charge is 2.20. The van der Waals surface area contributed by atoms with Gasteiger partial charge < -0.3 is 15.5 Å². The lowest BCUT2D eigenvalue weighted by Crippen LogP contribution is -2.11. The molecule has 0 amide bonds. The highest BCUT2D eigenvalue weighted by molar-refractivity contribution is 6.00. The van der Waals surface area contributed by atoms with Gasteiger partial charge in [0.1, 0.15) is 6.54 Å². The van der Waals surface area contributed by atoms with Crippen molar-refractivity contribution in [2.24, 2.45) is 0 Å². The van der Waals surface area contributed by atoms with Gasteiger partial charge in [0.15, 0.2) is 0 Å². The van der Waals surface area contributed by atoms with E-state index < -0.39 is 5.97 Å². The predicted molar refractivity (Wildman–Crippen MR) is 100 cm³/mol. The minimum absolute atomic E-state index is 0.0925. The number of carboxylic acids is 1. The highest BCUT2D eigenvalue weighted by atomic mass is 16.4. The second-order valence-corrected chi connectivity index (χ2v) is 6.44. The number of rotatable bonds is 3. The van der Waals surface area contributed by atoms with Crippen molar-refractivity contribution < 1.29 is 9.90 Å². The van der Waals surface area contributed by atoms with Crippen molar-refractivity contribution in [3.63, 3.8) is 0 Å². The number of hydrogen-bond donors (Lipinski definition) is 2. The fraction of sp³-hybridized carbons (Fsp3) is 0.150. The maximum absolute atomic E-state index is 11.5. The van der Waals surface area contributed by atoms with Crippen LogP contribution in [0.1, 0.15) is 11.1 Å². The van der Waals surface area contributed by atoms with E-state index in [1.165, 1.54) is 0 Å². The molecule has 126 valence electrons. The van der Waals surface area contributed by atoms with Crippen molar-refractivity contribution in [3.05, 3.63) is 59.8 Å². The normalized spacial score (nSPS) is 11.4. The Bertz CT molecular complexity index is 1130. The van der Waals surface area contributed by atoms with Gasteiger partial charge in [0.2, 0.25) is 0 Å². The largest absolute Gasteiger partial charge is 0.480 e. The summed E-state index contributed by atoms with van der Waals surface area (Å²) in [5, 5.41) is 11.5. The van der Waals surface area contributed by atoms with Gasteiger partial charge >= 0.3 is 5.97 Å². The molecular formula is C20H19N3O2. The van der Waals surface area contributed by atoms with Crippen molar-refractivity contribution in [2.75, 3.05) is 5.84 Å². The monoisotopic (exact) mass is 333 g/mol. The van der Waals surface area contributed by atoms with Crippen LogP contribution in [0.4, 0.5) is 0 Å². The van der Waals surface area contributed by atoms with E-state index in [1.54, 1.807) is 4.68 Å². The molecule has 3 N–H and O–H groups in total. The Morgan fingerprint density at radius 1 is 1.16 bits per heavy atom. The summed E-state index contributed by atoms with van der Waals surface area (Å²) >= 11 is 0. The third kappa shape index (κ3) is 2.28.